The maximum Gasteiger partial charge on any atom is 0.246 e. The summed E-state index contributed by atoms with van der Waals surface area (Å²) in [5.41, 5.74) is 0.738. The topological polar surface area (TPSA) is 108 Å². The summed E-state index contributed by atoms with van der Waals surface area (Å²) in [5.74, 6) is 1.38. The molecule has 0 aliphatic carbocycles. The molecule has 0 radical (unpaired) electrons. The number of methoxy groups -OCH3 is 2. The smallest absolute Gasteiger partial charge is 0.246 e. The number of benzene rings is 1. The van der Waals surface area contributed by atoms with E-state index in [1.165, 1.54) is 24.6 Å². The Balaban J connectivity index is 1.52. The predicted molar refractivity (Wildman–Crippen MR) is 98.6 cm³/mol. The third-order valence-corrected chi connectivity index (χ3v) is 6.40. The van der Waals surface area contributed by atoms with Crippen LogP contribution in [0.3, 0.4) is 0 Å². The Morgan fingerprint density at radius 2 is 2.00 bits per heavy atom. The number of sulfonamides is 1. The first kappa shape index (κ1) is 18.4. The normalized spacial score (nSPS) is 15.2. The molecule has 2 aromatic heterocycles. The fourth-order valence-corrected chi connectivity index (χ4v) is 4.63. The van der Waals surface area contributed by atoms with E-state index < -0.39 is 10.0 Å². The van der Waals surface area contributed by atoms with Gasteiger partial charge in [0, 0.05) is 37.1 Å². The van der Waals surface area contributed by atoms with Crippen LogP contribution in [0.5, 0.6) is 11.5 Å². The number of nitrogens with zero attached hydrogens (tertiary/aromatic N) is 4. The third kappa shape index (κ3) is 3.20. The Morgan fingerprint density at radius 3 is 2.68 bits per heavy atom. The summed E-state index contributed by atoms with van der Waals surface area (Å²) in [6, 6.07) is 8.28. The lowest BCUT2D eigenvalue weighted by atomic mass is 10.0. The number of rotatable bonds is 6. The molecule has 1 aliphatic heterocycles. The maximum atomic E-state index is 13.0. The minimum Gasteiger partial charge on any atom is -0.497 e. The molecule has 10 heteroatoms. The van der Waals surface area contributed by atoms with Crippen molar-refractivity contribution in [3.63, 3.8) is 0 Å². The first-order chi connectivity index (χ1) is 13.5. The molecule has 0 amide bonds. The van der Waals surface area contributed by atoms with Gasteiger partial charge in [0.15, 0.2) is 0 Å². The van der Waals surface area contributed by atoms with Crippen molar-refractivity contribution in [1.29, 1.82) is 0 Å². The Hall–Kier alpha value is -2.98. The molecule has 1 aromatic carbocycles. The van der Waals surface area contributed by atoms with E-state index in [0.29, 0.717) is 17.5 Å². The highest BCUT2D eigenvalue weighted by Crippen LogP contribution is 2.36. The summed E-state index contributed by atoms with van der Waals surface area (Å²) in [4.78, 5) is 8.46. The third-order valence-electron chi connectivity index (χ3n) is 4.55. The van der Waals surface area contributed by atoms with E-state index in [4.69, 9.17) is 14.0 Å². The van der Waals surface area contributed by atoms with Gasteiger partial charge < -0.3 is 14.0 Å². The first-order valence-electron chi connectivity index (χ1n) is 8.49. The fraction of sp³-hybridized carbons (Fsp3) is 0.278. The zero-order chi connectivity index (χ0) is 19.7. The van der Waals surface area contributed by atoms with Crippen LogP contribution in [-0.2, 0) is 10.0 Å². The Morgan fingerprint density at radius 1 is 1.18 bits per heavy atom. The molecular formula is C18H18N4O5S. The number of ether oxygens (including phenoxy) is 2. The van der Waals surface area contributed by atoms with Gasteiger partial charge in [-0.15, -0.1) is 0 Å². The van der Waals surface area contributed by atoms with E-state index in [0.717, 1.165) is 5.56 Å². The highest BCUT2D eigenvalue weighted by atomic mass is 32.2. The van der Waals surface area contributed by atoms with E-state index in [2.05, 4.69) is 15.1 Å². The molecule has 9 nitrogen and oxygen atoms in total. The lowest BCUT2D eigenvalue weighted by Gasteiger charge is -2.36. The van der Waals surface area contributed by atoms with Gasteiger partial charge in [-0.1, -0.05) is 5.16 Å². The SMILES string of the molecule is COc1ccc(OC)c(S(=O)(=O)N2CC(c3nc(-c4cccnc4)no3)C2)c1. The lowest BCUT2D eigenvalue weighted by Crippen LogP contribution is -2.48. The van der Waals surface area contributed by atoms with E-state index in [-0.39, 0.29) is 29.7 Å². The van der Waals surface area contributed by atoms with Crippen LogP contribution in [0.15, 0.2) is 52.1 Å². The van der Waals surface area contributed by atoms with Crippen LogP contribution in [0.4, 0.5) is 0 Å². The van der Waals surface area contributed by atoms with Crippen molar-refractivity contribution in [2.24, 2.45) is 0 Å². The van der Waals surface area contributed by atoms with Crippen molar-refractivity contribution in [3.05, 3.63) is 48.6 Å². The number of aromatic nitrogens is 3. The molecule has 0 atom stereocenters. The van der Waals surface area contributed by atoms with Gasteiger partial charge in [-0.2, -0.15) is 9.29 Å². The van der Waals surface area contributed by atoms with Gasteiger partial charge in [0.25, 0.3) is 0 Å². The quantitative estimate of drug-likeness (QED) is 0.616. The molecule has 1 fully saturated rings. The monoisotopic (exact) mass is 402 g/mol. The summed E-state index contributed by atoms with van der Waals surface area (Å²) < 4.78 is 43.0. The lowest BCUT2D eigenvalue weighted by molar-refractivity contribution is 0.216. The highest BCUT2D eigenvalue weighted by molar-refractivity contribution is 7.89. The molecule has 0 N–H and O–H groups in total. The zero-order valence-electron chi connectivity index (χ0n) is 15.3. The largest absolute Gasteiger partial charge is 0.497 e. The van der Waals surface area contributed by atoms with Crippen molar-refractivity contribution < 1.29 is 22.4 Å². The van der Waals surface area contributed by atoms with Gasteiger partial charge in [0.2, 0.25) is 21.7 Å². The van der Waals surface area contributed by atoms with Crippen LogP contribution in [0.1, 0.15) is 11.8 Å². The molecule has 28 heavy (non-hydrogen) atoms. The second-order valence-corrected chi connectivity index (χ2v) is 8.14. The molecule has 0 unspecified atom stereocenters. The van der Waals surface area contributed by atoms with E-state index in [1.54, 1.807) is 30.6 Å². The Labute approximate surface area is 162 Å². The average Bonchev–Trinajstić information content (AvgIpc) is 3.16. The van der Waals surface area contributed by atoms with Crippen molar-refractivity contribution in [2.45, 2.75) is 10.8 Å². The number of pyridine rings is 1. The minimum absolute atomic E-state index is 0.0642. The van der Waals surface area contributed by atoms with Crippen molar-refractivity contribution in [2.75, 3.05) is 27.3 Å². The second-order valence-electron chi connectivity index (χ2n) is 6.23. The van der Waals surface area contributed by atoms with Gasteiger partial charge in [0.1, 0.15) is 16.4 Å². The van der Waals surface area contributed by atoms with Crippen molar-refractivity contribution in [1.82, 2.24) is 19.4 Å². The second kappa shape index (κ2) is 7.21. The molecule has 0 saturated carbocycles. The fourth-order valence-electron chi connectivity index (χ4n) is 2.93. The summed E-state index contributed by atoms with van der Waals surface area (Å²) in [6.45, 7) is 0.495. The minimum atomic E-state index is -3.74. The van der Waals surface area contributed by atoms with E-state index in [9.17, 15) is 8.42 Å². The Bertz CT molecular complexity index is 1080. The van der Waals surface area contributed by atoms with Crippen molar-refractivity contribution >= 4 is 10.0 Å². The van der Waals surface area contributed by atoms with Crippen LogP contribution in [0, 0.1) is 0 Å². The Kier molecular flexibility index (Phi) is 4.73. The van der Waals surface area contributed by atoms with Crippen LogP contribution >= 0.6 is 0 Å². The zero-order valence-corrected chi connectivity index (χ0v) is 16.1. The van der Waals surface area contributed by atoms with E-state index >= 15 is 0 Å². The molecule has 1 aliphatic rings. The van der Waals surface area contributed by atoms with Crippen LogP contribution in [0.25, 0.3) is 11.4 Å². The molecule has 146 valence electrons. The summed E-state index contributed by atoms with van der Waals surface area (Å²) in [5, 5.41) is 3.95. The standard InChI is InChI=1S/C18H18N4O5S/c1-25-14-5-6-15(26-2)16(8-14)28(23,24)22-10-13(11-22)18-20-17(21-27-18)12-4-3-7-19-9-12/h3-9,13H,10-11H2,1-2H3. The van der Waals surface area contributed by atoms with Gasteiger partial charge in [0.05, 0.1) is 20.1 Å². The highest BCUT2D eigenvalue weighted by Gasteiger charge is 2.41. The van der Waals surface area contributed by atoms with Gasteiger partial charge in [-0.05, 0) is 24.3 Å². The van der Waals surface area contributed by atoms with Crippen LogP contribution in [-0.4, -0.2) is 55.2 Å². The molecule has 3 heterocycles. The molecule has 4 rings (SSSR count). The van der Waals surface area contributed by atoms with Crippen molar-refractivity contribution in [3.8, 4) is 22.9 Å². The molecule has 0 spiro atoms. The average molecular weight is 402 g/mol. The molecule has 3 aromatic rings. The van der Waals surface area contributed by atoms with Gasteiger partial charge in [-0.3, -0.25) is 4.98 Å². The van der Waals surface area contributed by atoms with E-state index in [1.807, 2.05) is 6.07 Å². The van der Waals surface area contributed by atoms with Gasteiger partial charge >= 0.3 is 0 Å². The number of hydrogen-bond acceptors (Lipinski definition) is 8. The first-order valence-corrected chi connectivity index (χ1v) is 9.93. The van der Waals surface area contributed by atoms with Crippen LogP contribution in [0.2, 0.25) is 0 Å². The maximum absolute atomic E-state index is 13.0. The van der Waals surface area contributed by atoms with Crippen LogP contribution < -0.4 is 9.47 Å². The predicted octanol–water partition coefficient (Wildman–Crippen LogP) is 1.94. The summed E-state index contributed by atoms with van der Waals surface area (Å²) >= 11 is 0. The summed E-state index contributed by atoms with van der Waals surface area (Å²) in [6.07, 6.45) is 3.30. The molecule has 1 saturated heterocycles. The number of hydrogen-bond donors (Lipinski definition) is 0. The van der Waals surface area contributed by atoms with Gasteiger partial charge in [-0.25, -0.2) is 8.42 Å². The molecule has 0 bridgehead atoms. The summed E-state index contributed by atoms with van der Waals surface area (Å²) in [7, 11) is -0.827. The molecular weight excluding hydrogens is 384 g/mol.